The highest BCUT2D eigenvalue weighted by Gasteiger charge is 2.08. The van der Waals surface area contributed by atoms with Crippen LogP contribution in [0.4, 0.5) is 10.1 Å². The van der Waals surface area contributed by atoms with Crippen LogP contribution < -0.4 is 16.0 Å². The first-order valence-electron chi connectivity index (χ1n) is 8.18. The van der Waals surface area contributed by atoms with E-state index in [1.54, 1.807) is 11.3 Å². The van der Waals surface area contributed by atoms with Gasteiger partial charge in [-0.25, -0.2) is 9.38 Å². The molecule has 0 saturated carbocycles. The third-order valence-corrected chi connectivity index (χ3v) is 4.24. The zero-order chi connectivity index (χ0) is 18.1. The zero-order valence-electron chi connectivity index (χ0n) is 14.4. The highest BCUT2D eigenvalue weighted by atomic mass is 32.1. The van der Waals surface area contributed by atoms with E-state index >= 15 is 0 Å². The van der Waals surface area contributed by atoms with Crippen LogP contribution in [-0.4, -0.2) is 31.5 Å². The lowest BCUT2D eigenvalue weighted by molar-refractivity contribution is -0.114. The fourth-order valence-electron chi connectivity index (χ4n) is 2.15. The van der Waals surface area contributed by atoms with Gasteiger partial charge >= 0.3 is 0 Å². The Morgan fingerprint density at radius 2 is 2.00 bits per heavy atom. The Labute approximate surface area is 151 Å². The van der Waals surface area contributed by atoms with Crippen molar-refractivity contribution < 1.29 is 9.18 Å². The second-order valence-corrected chi connectivity index (χ2v) is 6.37. The number of hydrogen-bond acceptors (Lipinski definition) is 3. The second kappa shape index (κ2) is 9.78. The predicted molar refractivity (Wildman–Crippen MR) is 102 cm³/mol. The first-order valence-corrected chi connectivity index (χ1v) is 9.12. The molecule has 1 aromatic heterocycles. The Morgan fingerprint density at radius 3 is 2.64 bits per heavy atom. The Hall–Kier alpha value is -2.41. The van der Waals surface area contributed by atoms with E-state index in [9.17, 15) is 9.18 Å². The number of nitrogens with one attached hydrogen (secondary N) is 3. The number of rotatable bonds is 7. The molecule has 1 amide bonds. The van der Waals surface area contributed by atoms with Gasteiger partial charge in [-0.2, -0.15) is 11.3 Å². The molecule has 0 saturated heterocycles. The van der Waals surface area contributed by atoms with Crippen LogP contribution in [0.25, 0.3) is 0 Å². The normalized spacial score (nSPS) is 12.5. The Bertz CT molecular complexity index is 686. The molecule has 1 aromatic carbocycles. The molecule has 0 aliphatic carbocycles. The van der Waals surface area contributed by atoms with Gasteiger partial charge in [-0.15, -0.1) is 0 Å². The molecule has 25 heavy (non-hydrogen) atoms. The van der Waals surface area contributed by atoms with Gasteiger partial charge in [0.1, 0.15) is 12.4 Å². The van der Waals surface area contributed by atoms with Crippen LogP contribution in [0, 0.1) is 5.82 Å². The van der Waals surface area contributed by atoms with E-state index < -0.39 is 0 Å². The van der Waals surface area contributed by atoms with Crippen LogP contribution in [0.15, 0.2) is 46.1 Å². The number of carbonyl (C=O) groups is 1. The van der Waals surface area contributed by atoms with E-state index in [4.69, 9.17) is 0 Å². The molecule has 1 atom stereocenters. The fourth-order valence-corrected chi connectivity index (χ4v) is 2.93. The minimum Gasteiger partial charge on any atom is -0.357 e. The number of guanidine groups is 1. The quantitative estimate of drug-likeness (QED) is 0.523. The number of anilines is 1. The van der Waals surface area contributed by atoms with E-state index in [0.717, 1.165) is 6.54 Å². The SMILES string of the molecule is CCNC(=NCC(=O)Nc1ccc(F)cc1)NCC(C)c1ccsc1. The summed E-state index contributed by atoms with van der Waals surface area (Å²) >= 11 is 1.68. The molecular weight excluding hydrogens is 339 g/mol. The first-order chi connectivity index (χ1) is 12.1. The summed E-state index contributed by atoms with van der Waals surface area (Å²) in [7, 11) is 0. The molecule has 5 nitrogen and oxygen atoms in total. The Kier molecular flexibility index (Phi) is 7.40. The van der Waals surface area contributed by atoms with Gasteiger partial charge in [-0.3, -0.25) is 4.79 Å². The number of aliphatic imine (C=N–C) groups is 1. The molecule has 0 spiro atoms. The average molecular weight is 362 g/mol. The molecule has 0 bridgehead atoms. The van der Waals surface area contributed by atoms with E-state index in [2.05, 4.69) is 44.7 Å². The Balaban J connectivity index is 1.85. The van der Waals surface area contributed by atoms with Gasteiger partial charge in [-0.05, 0) is 59.5 Å². The van der Waals surface area contributed by atoms with Crippen LogP contribution in [0.2, 0.25) is 0 Å². The summed E-state index contributed by atoms with van der Waals surface area (Å²) in [5, 5.41) is 13.3. The van der Waals surface area contributed by atoms with Crippen molar-refractivity contribution in [1.29, 1.82) is 0 Å². The maximum absolute atomic E-state index is 12.9. The molecule has 0 aliphatic rings. The largest absolute Gasteiger partial charge is 0.357 e. The lowest BCUT2D eigenvalue weighted by Gasteiger charge is -2.15. The molecule has 0 radical (unpaired) electrons. The number of hydrogen-bond donors (Lipinski definition) is 3. The van der Waals surface area contributed by atoms with Crippen LogP contribution in [0.3, 0.4) is 0 Å². The molecule has 0 fully saturated rings. The number of thiophene rings is 1. The summed E-state index contributed by atoms with van der Waals surface area (Å²) in [6.45, 7) is 5.53. The topological polar surface area (TPSA) is 65.5 Å². The molecule has 2 aromatic rings. The monoisotopic (exact) mass is 362 g/mol. The van der Waals surface area contributed by atoms with Crippen molar-refractivity contribution in [2.75, 3.05) is 25.0 Å². The van der Waals surface area contributed by atoms with Gasteiger partial charge < -0.3 is 16.0 Å². The van der Waals surface area contributed by atoms with Crippen molar-refractivity contribution in [3.63, 3.8) is 0 Å². The van der Waals surface area contributed by atoms with Gasteiger partial charge in [0.05, 0.1) is 0 Å². The lowest BCUT2D eigenvalue weighted by Crippen LogP contribution is -2.39. The lowest BCUT2D eigenvalue weighted by atomic mass is 10.1. The van der Waals surface area contributed by atoms with E-state index in [0.29, 0.717) is 24.1 Å². The zero-order valence-corrected chi connectivity index (χ0v) is 15.2. The van der Waals surface area contributed by atoms with E-state index in [-0.39, 0.29) is 18.3 Å². The molecule has 1 heterocycles. The van der Waals surface area contributed by atoms with Gasteiger partial charge in [0, 0.05) is 18.8 Å². The molecule has 3 N–H and O–H groups in total. The van der Waals surface area contributed by atoms with Gasteiger partial charge in [0.2, 0.25) is 5.91 Å². The highest BCUT2D eigenvalue weighted by Crippen LogP contribution is 2.16. The second-order valence-electron chi connectivity index (χ2n) is 5.59. The number of benzene rings is 1. The molecular formula is C18H23FN4OS. The maximum Gasteiger partial charge on any atom is 0.246 e. The van der Waals surface area contributed by atoms with Crippen LogP contribution >= 0.6 is 11.3 Å². The third-order valence-electron chi connectivity index (χ3n) is 3.54. The number of carbonyl (C=O) groups excluding carboxylic acids is 1. The van der Waals surface area contributed by atoms with Crippen molar-refractivity contribution in [1.82, 2.24) is 10.6 Å². The van der Waals surface area contributed by atoms with Gasteiger partial charge in [0.25, 0.3) is 0 Å². The number of nitrogens with zero attached hydrogens (tertiary/aromatic N) is 1. The van der Waals surface area contributed by atoms with Crippen LogP contribution in [0.5, 0.6) is 0 Å². The van der Waals surface area contributed by atoms with E-state index in [1.807, 2.05) is 6.92 Å². The summed E-state index contributed by atoms with van der Waals surface area (Å²) in [4.78, 5) is 16.3. The summed E-state index contributed by atoms with van der Waals surface area (Å²) in [5.74, 6) is 0.353. The first kappa shape index (κ1) is 18.9. The fraction of sp³-hybridized carbons (Fsp3) is 0.333. The molecule has 0 aliphatic heterocycles. The molecule has 1 unspecified atom stereocenters. The summed E-state index contributed by atoms with van der Waals surface area (Å²) in [6, 6.07) is 7.75. The number of amides is 1. The standard InChI is InChI=1S/C18H23FN4OS/c1-3-20-18(21-10-13(2)14-8-9-25-12-14)22-11-17(24)23-16-6-4-15(19)5-7-16/h4-9,12-13H,3,10-11H2,1-2H3,(H,23,24)(H2,20,21,22). The van der Waals surface area contributed by atoms with Crippen molar-refractivity contribution in [2.24, 2.45) is 4.99 Å². The molecule has 2 rings (SSSR count). The minimum atomic E-state index is -0.339. The van der Waals surface area contributed by atoms with E-state index in [1.165, 1.54) is 29.8 Å². The molecule has 7 heteroatoms. The highest BCUT2D eigenvalue weighted by molar-refractivity contribution is 7.07. The van der Waals surface area contributed by atoms with Crippen molar-refractivity contribution in [3.8, 4) is 0 Å². The summed E-state index contributed by atoms with van der Waals surface area (Å²) in [5.41, 5.74) is 1.83. The molecule has 134 valence electrons. The third kappa shape index (κ3) is 6.54. The summed E-state index contributed by atoms with van der Waals surface area (Å²) in [6.07, 6.45) is 0. The Morgan fingerprint density at radius 1 is 1.24 bits per heavy atom. The maximum atomic E-state index is 12.9. The van der Waals surface area contributed by atoms with Gasteiger partial charge in [0.15, 0.2) is 5.96 Å². The summed E-state index contributed by atoms with van der Waals surface area (Å²) < 4.78 is 12.9. The van der Waals surface area contributed by atoms with Crippen molar-refractivity contribution in [3.05, 3.63) is 52.5 Å². The predicted octanol–water partition coefficient (Wildman–Crippen LogP) is 3.18. The smallest absolute Gasteiger partial charge is 0.246 e. The number of halogens is 1. The van der Waals surface area contributed by atoms with Crippen molar-refractivity contribution >= 4 is 28.9 Å². The van der Waals surface area contributed by atoms with Crippen molar-refractivity contribution in [2.45, 2.75) is 19.8 Å². The van der Waals surface area contributed by atoms with Crippen LogP contribution in [0.1, 0.15) is 25.3 Å². The van der Waals surface area contributed by atoms with Crippen LogP contribution in [-0.2, 0) is 4.79 Å². The minimum absolute atomic E-state index is 0.0143. The van der Waals surface area contributed by atoms with Gasteiger partial charge in [-0.1, -0.05) is 6.92 Å². The average Bonchev–Trinajstić information content (AvgIpc) is 3.14.